The van der Waals surface area contributed by atoms with Crippen molar-refractivity contribution in [3.05, 3.63) is 53.5 Å². The molecule has 3 N–H and O–H groups in total. The van der Waals surface area contributed by atoms with Crippen molar-refractivity contribution in [1.29, 1.82) is 0 Å². The summed E-state index contributed by atoms with van der Waals surface area (Å²) < 4.78 is 5.13. The van der Waals surface area contributed by atoms with Crippen LogP contribution in [-0.2, 0) is 9.59 Å². The van der Waals surface area contributed by atoms with Crippen molar-refractivity contribution in [2.24, 2.45) is 5.92 Å². The summed E-state index contributed by atoms with van der Waals surface area (Å²) in [6.07, 6.45) is 2.54. The zero-order valence-corrected chi connectivity index (χ0v) is 16.7. The van der Waals surface area contributed by atoms with E-state index >= 15 is 0 Å². The number of nitrogens with zero attached hydrogens (tertiary/aromatic N) is 1. The van der Waals surface area contributed by atoms with Crippen molar-refractivity contribution in [3.8, 4) is 0 Å². The molecule has 2 aromatic rings. The third-order valence-electron chi connectivity index (χ3n) is 5.03. The molecular weight excluding hydrogens is 372 g/mol. The number of hydrogen-bond acceptors (Lipinski definition) is 5. The van der Waals surface area contributed by atoms with E-state index in [0.717, 1.165) is 16.8 Å². The van der Waals surface area contributed by atoms with E-state index in [0.29, 0.717) is 31.7 Å². The normalized spacial score (nSPS) is 14.3. The molecule has 0 radical (unpaired) electrons. The Morgan fingerprint density at radius 1 is 1.10 bits per heavy atom. The highest BCUT2D eigenvalue weighted by atomic mass is 16.3. The van der Waals surface area contributed by atoms with Gasteiger partial charge in [0.05, 0.1) is 12.8 Å². The van der Waals surface area contributed by atoms with Gasteiger partial charge in [0, 0.05) is 24.7 Å². The van der Waals surface area contributed by atoms with Crippen LogP contribution in [0.2, 0.25) is 0 Å². The molecule has 1 aliphatic rings. The summed E-state index contributed by atoms with van der Waals surface area (Å²) in [6.45, 7) is 4.98. The van der Waals surface area contributed by atoms with Gasteiger partial charge in [-0.3, -0.25) is 25.2 Å². The minimum atomic E-state index is -0.330. The zero-order valence-electron chi connectivity index (χ0n) is 16.7. The molecule has 0 aliphatic carbocycles. The second kappa shape index (κ2) is 9.27. The highest BCUT2D eigenvalue weighted by Gasteiger charge is 2.28. The Morgan fingerprint density at radius 2 is 1.86 bits per heavy atom. The fraction of sp³-hybridized carbons (Fsp3) is 0.381. The van der Waals surface area contributed by atoms with Crippen LogP contribution in [0.25, 0.3) is 0 Å². The number of anilines is 1. The maximum absolute atomic E-state index is 12.3. The predicted molar refractivity (Wildman–Crippen MR) is 108 cm³/mol. The molecule has 0 bridgehead atoms. The molecule has 2 heterocycles. The fourth-order valence-corrected chi connectivity index (χ4v) is 3.37. The lowest BCUT2D eigenvalue weighted by molar-refractivity contribution is -0.131. The van der Waals surface area contributed by atoms with E-state index in [9.17, 15) is 14.4 Å². The van der Waals surface area contributed by atoms with Crippen LogP contribution in [0.3, 0.4) is 0 Å². The number of nitrogens with one attached hydrogen (secondary N) is 3. The summed E-state index contributed by atoms with van der Waals surface area (Å²) in [5.41, 5.74) is 8.01. The molecule has 1 saturated heterocycles. The van der Waals surface area contributed by atoms with Crippen LogP contribution in [-0.4, -0.2) is 42.3 Å². The van der Waals surface area contributed by atoms with E-state index in [1.807, 2.05) is 32.0 Å². The quantitative estimate of drug-likeness (QED) is 0.669. The van der Waals surface area contributed by atoms with Crippen molar-refractivity contribution in [1.82, 2.24) is 15.8 Å². The molecule has 3 amide bonds. The third kappa shape index (κ3) is 5.37. The average molecular weight is 398 g/mol. The van der Waals surface area contributed by atoms with E-state index in [4.69, 9.17) is 4.42 Å². The van der Waals surface area contributed by atoms with E-state index < -0.39 is 0 Å². The van der Waals surface area contributed by atoms with E-state index in [1.54, 1.807) is 17.0 Å². The molecule has 0 spiro atoms. The second-order valence-corrected chi connectivity index (χ2v) is 7.25. The van der Waals surface area contributed by atoms with Gasteiger partial charge in [0.2, 0.25) is 5.91 Å². The number of hydrazine groups is 1. The standard InChI is InChI=1S/C21H26N4O4/c1-14-5-6-17(15(2)12-14)22-13-19(26)23-24-20(27)16-7-9-25(10-8-16)21(28)18-4-3-11-29-18/h3-6,11-12,16,22H,7-10,13H2,1-2H3,(H,23,26)(H,24,27). The molecule has 1 aliphatic heterocycles. The van der Waals surface area contributed by atoms with Gasteiger partial charge in [-0.2, -0.15) is 0 Å². The molecule has 1 aromatic carbocycles. The predicted octanol–water partition coefficient (Wildman–Crippen LogP) is 2.01. The lowest BCUT2D eigenvalue weighted by Gasteiger charge is -2.30. The number of piperidine rings is 1. The van der Waals surface area contributed by atoms with Crippen LogP contribution in [0.5, 0.6) is 0 Å². The van der Waals surface area contributed by atoms with E-state index in [-0.39, 0.29) is 30.2 Å². The molecule has 1 aromatic heterocycles. The number of carbonyl (C=O) groups is 3. The SMILES string of the molecule is Cc1ccc(NCC(=O)NNC(=O)C2CCN(C(=O)c3ccco3)CC2)c(C)c1. The van der Waals surface area contributed by atoms with Gasteiger partial charge < -0.3 is 14.6 Å². The second-order valence-electron chi connectivity index (χ2n) is 7.25. The maximum atomic E-state index is 12.3. The summed E-state index contributed by atoms with van der Waals surface area (Å²) in [6, 6.07) is 9.23. The summed E-state index contributed by atoms with van der Waals surface area (Å²) in [4.78, 5) is 38.2. The number of likely N-dealkylation sites (tertiary alicyclic amines) is 1. The largest absolute Gasteiger partial charge is 0.459 e. The van der Waals surface area contributed by atoms with Gasteiger partial charge >= 0.3 is 0 Å². The summed E-state index contributed by atoms with van der Waals surface area (Å²) in [5.74, 6) is -0.682. The number of furan rings is 1. The van der Waals surface area contributed by atoms with Crippen molar-refractivity contribution >= 4 is 23.4 Å². The third-order valence-corrected chi connectivity index (χ3v) is 5.03. The molecule has 8 heteroatoms. The molecule has 0 unspecified atom stereocenters. The Kier molecular flexibility index (Phi) is 6.54. The van der Waals surface area contributed by atoms with Crippen LogP contribution < -0.4 is 16.2 Å². The molecule has 8 nitrogen and oxygen atoms in total. The first kappa shape index (κ1) is 20.4. The summed E-state index contributed by atoms with van der Waals surface area (Å²) >= 11 is 0. The molecular formula is C21H26N4O4. The Morgan fingerprint density at radius 3 is 2.52 bits per heavy atom. The first-order valence-corrected chi connectivity index (χ1v) is 9.66. The van der Waals surface area contributed by atoms with Gasteiger partial charge in [-0.15, -0.1) is 0 Å². The van der Waals surface area contributed by atoms with Crippen molar-refractivity contribution in [2.45, 2.75) is 26.7 Å². The van der Waals surface area contributed by atoms with E-state index in [1.165, 1.54) is 6.26 Å². The fourth-order valence-electron chi connectivity index (χ4n) is 3.37. The maximum Gasteiger partial charge on any atom is 0.289 e. The molecule has 29 heavy (non-hydrogen) atoms. The first-order chi connectivity index (χ1) is 13.9. The Hall–Kier alpha value is -3.29. The number of carbonyl (C=O) groups excluding carboxylic acids is 3. The smallest absolute Gasteiger partial charge is 0.289 e. The highest BCUT2D eigenvalue weighted by molar-refractivity contribution is 5.91. The van der Waals surface area contributed by atoms with Crippen LogP contribution in [0, 0.1) is 19.8 Å². The number of rotatable bonds is 5. The van der Waals surface area contributed by atoms with Crippen LogP contribution in [0.15, 0.2) is 41.0 Å². The topological polar surface area (TPSA) is 104 Å². The van der Waals surface area contributed by atoms with Gasteiger partial charge in [0.1, 0.15) is 0 Å². The Balaban J connectivity index is 1.38. The average Bonchev–Trinajstić information content (AvgIpc) is 3.26. The number of amides is 3. The number of hydrogen-bond donors (Lipinski definition) is 3. The van der Waals surface area contributed by atoms with Crippen LogP contribution in [0.4, 0.5) is 5.69 Å². The minimum absolute atomic E-state index is 0.0558. The highest BCUT2D eigenvalue weighted by Crippen LogP contribution is 2.19. The molecule has 1 fully saturated rings. The van der Waals surface area contributed by atoms with Gasteiger partial charge in [0.25, 0.3) is 11.8 Å². The lowest BCUT2D eigenvalue weighted by Crippen LogP contribution is -2.49. The monoisotopic (exact) mass is 398 g/mol. The number of benzene rings is 1. The van der Waals surface area contributed by atoms with Crippen molar-refractivity contribution in [2.75, 3.05) is 25.0 Å². The zero-order chi connectivity index (χ0) is 20.8. The minimum Gasteiger partial charge on any atom is -0.459 e. The van der Waals surface area contributed by atoms with Crippen LogP contribution in [0.1, 0.15) is 34.5 Å². The van der Waals surface area contributed by atoms with Gasteiger partial charge in [-0.05, 0) is 50.5 Å². The van der Waals surface area contributed by atoms with Gasteiger partial charge in [-0.1, -0.05) is 17.7 Å². The van der Waals surface area contributed by atoms with Crippen molar-refractivity contribution < 1.29 is 18.8 Å². The molecule has 0 saturated carbocycles. The molecule has 0 atom stereocenters. The summed E-state index contributed by atoms with van der Waals surface area (Å²) in [7, 11) is 0. The molecule has 3 rings (SSSR count). The molecule has 154 valence electrons. The number of aryl methyl sites for hydroxylation is 2. The van der Waals surface area contributed by atoms with Crippen molar-refractivity contribution in [3.63, 3.8) is 0 Å². The van der Waals surface area contributed by atoms with Gasteiger partial charge in [0.15, 0.2) is 5.76 Å². The van der Waals surface area contributed by atoms with E-state index in [2.05, 4.69) is 16.2 Å². The van der Waals surface area contributed by atoms with Gasteiger partial charge in [-0.25, -0.2) is 0 Å². The lowest BCUT2D eigenvalue weighted by atomic mass is 9.96. The first-order valence-electron chi connectivity index (χ1n) is 9.66. The summed E-state index contributed by atoms with van der Waals surface area (Å²) in [5, 5.41) is 3.06. The van der Waals surface area contributed by atoms with Crippen LogP contribution >= 0.6 is 0 Å². The Labute approximate surface area is 169 Å². The Bertz CT molecular complexity index is 871.